The van der Waals surface area contributed by atoms with Gasteiger partial charge < -0.3 is 9.84 Å². The summed E-state index contributed by atoms with van der Waals surface area (Å²) in [5.74, 6) is 5.52. The van der Waals surface area contributed by atoms with Gasteiger partial charge in [-0.25, -0.2) is 4.39 Å². The van der Waals surface area contributed by atoms with Gasteiger partial charge in [0.15, 0.2) is 0 Å². The molecule has 2 aromatic rings. The van der Waals surface area contributed by atoms with E-state index in [4.69, 9.17) is 21.4 Å². The Hall–Kier alpha value is -2.02. The van der Waals surface area contributed by atoms with Gasteiger partial charge in [0.25, 0.3) is 0 Å². The summed E-state index contributed by atoms with van der Waals surface area (Å²) in [7, 11) is 0. The molecular formula is C17H14ClFO2. The van der Waals surface area contributed by atoms with E-state index in [9.17, 15) is 4.39 Å². The Labute approximate surface area is 128 Å². The maximum atomic E-state index is 13.7. The number of benzene rings is 2. The first kappa shape index (κ1) is 15.4. The normalized spacial score (nSPS) is 9.90. The van der Waals surface area contributed by atoms with E-state index in [2.05, 4.69) is 11.8 Å². The second kappa shape index (κ2) is 7.12. The van der Waals surface area contributed by atoms with Crippen LogP contribution < -0.4 is 4.74 Å². The minimum Gasteiger partial charge on any atom is -0.487 e. The highest BCUT2D eigenvalue weighted by atomic mass is 35.5. The van der Waals surface area contributed by atoms with Crippen LogP contribution in [0.25, 0.3) is 0 Å². The van der Waals surface area contributed by atoms with Crippen LogP contribution in [0.15, 0.2) is 36.4 Å². The van der Waals surface area contributed by atoms with Crippen molar-refractivity contribution >= 4 is 11.6 Å². The third kappa shape index (κ3) is 3.98. The van der Waals surface area contributed by atoms with Gasteiger partial charge in [-0.05, 0) is 36.8 Å². The van der Waals surface area contributed by atoms with Crippen LogP contribution >= 0.6 is 11.6 Å². The van der Waals surface area contributed by atoms with Crippen LogP contribution in [0, 0.1) is 24.6 Å². The van der Waals surface area contributed by atoms with E-state index in [1.807, 2.05) is 19.1 Å². The maximum absolute atomic E-state index is 13.7. The van der Waals surface area contributed by atoms with Crippen molar-refractivity contribution < 1.29 is 14.2 Å². The quantitative estimate of drug-likeness (QED) is 0.876. The zero-order valence-electron chi connectivity index (χ0n) is 11.5. The fourth-order valence-corrected chi connectivity index (χ4v) is 2.04. The molecule has 1 N–H and O–H groups in total. The molecule has 0 aliphatic rings. The van der Waals surface area contributed by atoms with Crippen LogP contribution in [-0.2, 0) is 6.61 Å². The average molecular weight is 305 g/mol. The Balaban J connectivity index is 2.24. The van der Waals surface area contributed by atoms with Gasteiger partial charge >= 0.3 is 0 Å². The maximum Gasteiger partial charge on any atom is 0.135 e. The summed E-state index contributed by atoms with van der Waals surface area (Å²) in [6.45, 7) is 1.72. The number of hydrogen-bond donors (Lipinski definition) is 1. The highest BCUT2D eigenvalue weighted by Gasteiger charge is 2.09. The van der Waals surface area contributed by atoms with E-state index in [0.29, 0.717) is 21.9 Å². The molecule has 0 unspecified atom stereocenters. The second-order valence-corrected chi connectivity index (χ2v) is 4.86. The zero-order chi connectivity index (χ0) is 15.2. The minimum absolute atomic E-state index is 0.0162. The number of rotatable bonds is 3. The van der Waals surface area contributed by atoms with Crippen molar-refractivity contribution in [2.45, 2.75) is 13.5 Å². The number of aryl methyl sites for hydroxylation is 1. The molecule has 2 aromatic carbocycles. The highest BCUT2D eigenvalue weighted by molar-refractivity contribution is 6.31. The number of aliphatic hydroxyl groups excluding tert-OH is 1. The third-order valence-corrected chi connectivity index (χ3v) is 3.22. The van der Waals surface area contributed by atoms with E-state index in [1.165, 1.54) is 6.07 Å². The average Bonchev–Trinajstić information content (AvgIpc) is 2.46. The first-order valence-corrected chi connectivity index (χ1v) is 6.75. The molecule has 0 atom stereocenters. The summed E-state index contributed by atoms with van der Waals surface area (Å²) in [4.78, 5) is 0. The second-order valence-electron chi connectivity index (χ2n) is 4.45. The Bertz CT molecular complexity index is 681. The van der Waals surface area contributed by atoms with Crippen molar-refractivity contribution in [3.63, 3.8) is 0 Å². The summed E-state index contributed by atoms with van der Waals surface area (Å²) in [6, 6.07) is 10.00. The molecule has 0 saturated heterocycles. The van der Waals surface area contributed by atoms with Crippen LogP contribution in [-0.4, -0.2) is 11.7 Å². The Kier molecular flexibility index (Phi) is 5.21. The monoisotopic (exact) mass is 304 g/mol. The molecule has 0 bridgehead atoms. The van der Waals surface area contributed by atoms with Crippen LogP contribution in [0.2, 0.25) is 5.02 Å². The van der Waals surface area contributed by atoms with Gasteiger partial charge in [0.05, 0.1) is 10.6 Å². The number of halogens is 2. The first-order valence-electron chi connectivity index (χ1n) is 6.38. The molecule has 0 saturated carbocycles. The van der Waals surface area contributed by atoms with E-state index >= 15 is 0 Å². The lowest BCUT2D eigenvalue weighted by Gasteiger charge is -2.11. The fourth-order valence-electron chi connectivity index (χ4n) is 1.82. The Morgan fingerprint density at radius 3 is 2.81 bits per heavy atom. The smallest absolute Gasteiger partial charge is 0.135 e. The standard InChI is InChI=1S/C17H14ClFO2/c1-12-7-8-17(13(10-12)4-3-9-20)21-11-14-15(18)5-2-6-16(14)19/h2,5-8,10,20H,9,11H2,1H3. The van der Waals surface area contributed by atoms with Crippen LogP contribution in [0.3, 0.4) is 0 Å². The van der Waals surface area contributed by atoms with Crippen LogP contribution in [0.5, 0.6) is 5.75 Å². The minimum atomic E-state index is -0.405. The molecular weight excluding hydrogens is 291 g/mol. The van der Waals surface area contributed by atoms with Gasteiger partial charge in [0, 0.05) is 5.56 Å². The van der Waals surface area contributed by atoms with Crippen molar-refractivity contribution in [1.82, 2.24) is 0 Å². The van der Waals surface area contributed by atoms with Crippen LogP contribution in [0.4, 0.5) is 4.39 Å². The molecule has 0 aromatic heterocycles. The van der Waals surface area contributed by atoms with E-state index < -0.39 is 5.82 Å². The first-order chi connectivity index (χ1) is 10.1. The summed E-state index contributed by atoms with van der Waals surface area (Å²) < 4.78 is 19.3. The predicted octanol–water partition coefficient (Wildman–Crippen LogP) is 3.71. The molecule has 0 spiro atoms. The summed E-state index contributed by atoms with van der Waals surface area (Å²) >= 11 is 5.96. The molecule has 2 nitrogen and oxygen atoms in total. The van der Waals surface area contributed by atoms with Gasteiger partial charge in [0.2, 0.25) is 0 Å². The molecule has 0 heterocycles. The van der Waals surface area contributed by atoms with Crippen molar-refractivity contribution in [2.24, 2.45) is 0 Å². The van der Waals surface area contributed by atoms with E-state index in [-0.39, 0.29) is 13.2 Å². The van der Waals surface area contributed by atoms with Gasteiger partial charge in [-0.3, -0.25) is 0 Å². The van der Waals surface area contributed by atoms with Gasteiger partial charge in [-0.1, -0.05) is 35.6 Å². The van der Waals surface area contributed by atoms with Crippen molar-refractivity contribution in [1.29, 1.82) is 0 Å². The van der Waals surface area contributed by atoms with Gasteiger partial charge in [0.1, 0.15) is 24.8 Å². The van der Waals surface area contributed by atoms with Crippen molar-refractivity contribution in [2.75, 3.05) is 6.61 Å². The number of hydrogen-bond acceptors (Lipinski definition) is 2. The SMILES string of the molecule is Cc1ccc(OCc2c(F)cccc2Cl)c(C#CCO)c1. The van der Waals surface area contributed by atoms with Crippen molar-refractivity contribution in [3.8, 4) is 17.6 Å². The van der Waals surface area contributed by atoms with Crippen LogP contribution in [0.1, 0.15) is 16.7 Å². The van der Waals surface area contributed by atoms with E-state index in [1.54, 1.807) is 18.2 Å². The zero-order valence-corrected chi connectivity index (χ0v) is 12.2. The number of aliphatic hydroxyl groups is 1. The molecule has 21 heavy (non-hydrogen) atoms. The van der Waals surface area contributed by atoms with Gasteiger partial charge in [-0.15, -0.1) is 0 Å². The van der Waals surface area contributed by atoms with Crippen molar-refractivity contribution in [3.05, 3.63) is 63.9 Å². The topological polar surface area (TPSA) is 29.5 Å². The summed E-state index contributed by atoms with van der Waals surface area (Å²) in [5.41, 5.74) is 1.98. The third-order valence-electron chi connectivity index (χ3n) is 2.87. The molecule has 0 fully saturated rings. The molecule has 0 aliphatic carbocycles. The lowest BCUT2D eigenvalue weighted by Crippen LogP contribution is -2.01. The Morgan fingerprint density at radius 2 is 2.10 bits per heavy atom. The Morgan fingerprint density at radius 1 is 1.29 bits per heavy atom. The number of ether oxygens (including phenoxy) is 1. The van der Waals surface area contributed by atoms with E-state index in [0.717, 1.165) is 5.56 Å². The molecule has 2 rings (SSSR count). The molecule has 108 valence electrons. The largest absolute Gasteiger partial charge is 0.487 e. The summed E-state index contributed by atoms with van der Waals surface area (Å²) in [5, 5.41) is 9.11. The van der Waals surface area contributed by atoms with Gasteiger partial charge in [-0.2, -0.15) is 0 Å². The fraction of sp³-hybridized carbons (Fsp3) is 0.176. The molecule has 0 aliphatic heterocycles. The molecule has 4 heteroatoms. The lowest BCUT2D eigenvalue weighted by atomic mass is 10.1. The highest BCUT2D eigenvalue weighted by Crippen LogP contribution is 2.24. The molecule has 0 radical (unpaired) electrons. The molecule has 0 amide bonds. The predicted molar refractivity (Wildman–Crippen MR) is 80.9 cm³/mol. The summed E-state index contributed by atoms with van der Waals surface area (Å²) in [6.07, 6.45) is 0. The lowest BCUT2D eigenvalue weighted by molar-refractivity contribution is 0.299.